The molecule has 184 valence electrons. The van der Waals surface area contributed by atoms with Gasteiger partial charge in [-0.25, -0.2) is 8.42 Å². The van der Waals surface area contributed by atoms with E-state index in [1.165, 1.54) is 10.6 Å². The van der Waals surface area contributed by atoms with Crippen LogP contribution in [0.4, 0.5) is 0 Å². The molecule has 10 heteroatoms. The second-order valence-electron chi connectivity index (χ2n) is 7.94. The van der Waals surface area contributed by atoms with Crippen LogP contribution in [0.1, 0.15) is 24.5 Å². The molecule has 0 saturated carbocycles. The van der Waals surface area contributed by atoms with Gasteiger partial charge in [0.2, 0.25) is 10.0 Å². The Bertz CT molecular complexity index is 994. The molecular formula is C24H30Cl3LiN2O3S-2. The SMILES string of the molecule is CC([C-]=O)(CCN1CCN(S(C)(=O)=O)CC1)c1ccc(Cl)c(Cl)c1.[CH2-]c1ccc(Cl)cc1.[CH3-].[Li+]. The van der Waals surface area contributed by atoms with Crippen molar-refractivity contribution in [3.05, 3.63) is 83.0 Å². The third kappa shape index (κ3) is 10.1. The van der Waals surface area contributed by atoms with Crippen LogP contribution in [0.3, 0.4) is 0 Å². The molecule has 34 heavy (non-hydrogen) atoms. The van der Waals surface area contributed by atoms with E-state index >= 15 is 0 Å². The van der Waals surface area contributed by atoms with Gasteiger partial charge >= 0.3 is 18.9 Å². The largest absolute Gasteiger partial charge is 1.00 e. The quantitative estimate of drug-likeness (QED) is 0.418. The van der Waals surface area contributed by atoms with Gasteiger partial charge < -0.3 is 17.1 Å². The molecule has 1 aliphatic heterocycles. The van der Waals surface area contributed by atoms with Crippen LogP contribution in [0.15, 0.2) is 42.5 Å². The van der Waals surface area contributed by atoms with Crippen molar-refractivity contribution in [3.63, 3.8) is 0 Å². The molecule has 3 rings (SSSR count). The molecule has 1 heterocycles. The van der Waals surface area contributed by atoms with Gasteiger partial charge in [-0.3, -0.25) is 6.29 Å². The standard InChI is InChI=1S/C16H21Cl2N2O3S.C7H6Cl.CH3.Li/c1-16(12-21,13-3-4-14(17)15(18)11-13)5-6-19-7-9-20(10-8-19)24(2,22)23;1-6-2-4-7(8)5-3-6;;/h3-4,11H,5-10H2,1-2H3;2-5H,1H2;1H3;/q3*-1;+1. The predicted octanol–water partition coefficient (Wildman–Crippen LogP) is 2.30. The van der Waals surface area contributed by atoms with Crippen molar-refractivity contribution < 1.29 is 32.1 Å². The first-order chi connectivity index (χ1) is 14.9. The second-order valence-corrected chi connectivity index (χ2v) is 11.2. The summed E-state index contributed by atoms with van der Waals surface area (Å²) in [5, 5.41) is 1.63. The van der Waals surface area contributed by atoms with E-state index in [4.69, 9.17) is 34.8 Å². The molecule has 1 saturated heterocycles. The van der Waals surface area contributed by atoms with Crippen molar-refractivity contribution in [2.24, 2.45) is 0 Å². The van der Waals surface area contributed by atoms with E-state index < -0.39 is 15.4 Å². The first-order valence-electron chi connectivity index (χ1n) is 10.0. The molecule has 2 aromatic carbocycles. The van der Waals surface area contributed by atoms with E-state index in [-0.39, 0.29) is 26.3 Å². The maximum absolute atomic E-state index is 11.6. The molecule has 0 spiro atoms. The number of benzene rings is 2. The number of halogens is 3. The monoisotopic (exact) mass is 538 g/mol. The van der Waals surface area contributed by atoms with Gasteiger partial charge in [-0.15, -0.1) is 5.41 Å². The minimum atomic E-state index is -3.13. The van der Waals surface area contributed by atoms with Crippen LogP contribution >= 0.6 is 34.8 Å². The number of rotatable bonds is 6. The molecule has 2 aromatic rings. The van der Waals surface area contributed by atoms with Gasteiger partial charge in [0.1, 0.15) is 0 Å². The first-order valence-corrected chi connectivity index (χ1v) is 13.0. The third-order valence-corrected chi connectivity index (χ3v) is 7.72. The van der Waals surface area contributed by atoms with Crippen LogP contribution in [0, 0.1) is 14.4 Å². The van der Waals surface area contributed by atoms with Crippen LogP contribution in [0.25, 0.3) is 0 Å². The number of carbonyl (C=O) groups excluding carboxylic acids is 1. The van der Waals surface area contributed by atoms with Gasteiger partial charge in [0.25, 0.3) is 0 Å². The van der Waals surface area contributed by atoms with Crippen LogP contribution in [-0.4, -0.2) is 62.9 Å². The zero-order chi connectivity index (χ0) is 23.9. The minimum absolute atomic E-state index is 0. The number of hydrogen-bond acceptors (Lipinski definition) is 4. The molecule has 0 aliphatic carbocycles. The van der Waals surface area contributed by atoms with Gasteiger partial charge in [0.15, 0.2) is 0 Å². The summed E-state index contributed by atoms with van der Waals surface area (Å²) >= 11 is 17.6. The van der Waals surface area contributed by atoms with E-state index in [0.29, 0.717) is 49.2 Å². The summed E-state index contributed by atoms with van der Waals surface area (Å²) in [6.07, 6.45) is 3.93. The molecular weight excluding hydrogens is 510 g/mol. The Morgan fingerprint density at radius 3 is 2.00 bits per heavy atom. The van der Waals surface area contributed by atoms with Crippen LogP contribution in [0.2, 0.25) is 15.1 Å². The van der Waals surface area contributed by atoms with Crippen molar-refractivity contribution in [1.82, 2.24) is 9.21 Å². The maximum atomic E-state index is 11.6. The molecule has 0 N–H and O–H groups in total. The second kappa shape index (κ2) is 14.8. The predicted molar refractivity (Wildman–Crippen MR) is 139 cm³/mol. The fraction of sp³-hybridized carbons (Fsp3) is 0.375. The normalized spacial score (nSPS) is 16.1. The third-order valence-electron chi connectivity index (χ3n) is 5.42. The van der Waals surface area contributed by atoms with Gasteiger partial charge in [-0.05, 0) is 18.7 Å². The number of nitrogens with zero attached hydrogens (tertiary/aromatic N) is 2. The van der Waals surface area contributed by atoms with Gasteiger partial charge in [0, 0.05) is 31.2 Å². The number of sulfonamides is 1. The molecule has 1 atom stereocenters. The summed E-state index contributed by atoms with van der Waals surface area (Å²) in [7, 11) is -3.13. The molecule has 0 aromatic heterocycles. The average molecular weight is 540 g/mol. The van der Waals surface area contributed by atoms with Crippen molar-refractivity contribution >= 4 is 51.1 Å². The van der Waals surface area contributed by atoms with Gasteiger partial charge in [0.05, 0.1) is 16.3 Å². The summed E-state index contributed by atoms with van der Waals surface area (Å²) in [6.45, 7) is 8.48. The fourth-order valence-electron chi connectivity index (χ4n) is 3.24. The first kappa shape index (κ1) is 33.3. The zero-order valence-electron chi connectivity index (χ0n) is 20.2. The molecule has 5 nitrogen and oxygen atoms in total. The van der Waals surface area contributed by atoms with Crippen LogP contribution < -0.4 is 18.9 Å². The zero-order valence-corrected chi connectivity index (χ0v) is 23.2. The van der Waals surface area contributed by atoms with Crippen molar-refractivity contribution in [2.75, 3.05) is 39.0 Å². The fourth-order valence-corrected chi connectivity index (χ4v) is 4.50. The Labute approximate surface area is 232 Å². The van der Waals surface area contributed by atoms with E-state index in [1.54, 1.807) is 18.2 Å². The Morgan fingerprint density at radius 1 is 1.00 bits per heavy atom. The van der Waals surface area contributed by atoms with Crippen molar-refractivity contribution in [1.29, 1.82) is 0 Å². The smallest absolute Gasteiger partial charge is 0.541 e. The van der Waals surface area contributed by atoms with Crippen LogP contribution in [0.5, 0.6) is 0 Å². The average Bonchev–Trinajstić information content (AvgIpc) is 2.76. The number of hydrogen-bond donors (Lipinski definition) is 0. The molecule has 0 bridgehead atoms. The molecule has 0 amide bonds. The van der Waals surface area contributed by atoms with E-state index in [9.17, 15) is 13.2 Å². The summed E-state index contributed by atoms with van der Waals surface area (Å²) in [6, 6.07) is 12.6. The van der Waals surface area contributed by atoms with E-state index in [1.807, 2.05) is 31.2 Å². The number of piperazine rings is 1. The summed E-state index contributed by atoms with van der Waals surface area (Å²) in [4.78, 5) is 13.7. The molecule has 1 fully saturated rings. The van der Waals surface area contributed by atoms with Crippen molar-refractivity contribution in [3.8, 4) is 0 Å². The molecule has 1 aliphatic rings. The molecule has 1 unspecified atom stereocenters. The van der Waals surface area contributed by atoms with E-state index in [2.05, 4.69) is 18.1 Å². The maximum Gasteiger partial charge on any atom is 1.00 e. The Morgan fingerprint density at radius 2 is 1.56 bits per heavy atom. The summed E-state index contributed by atoms with van der Waals surface area (Å²) in [5.41, 5.74) is 0.999. The van der Waals surface area contributed by atoms with Crippen molar-refractivity contribution in [2.45, 2.75) is 18.8 Å². The summed E-state index contributed by atoms with van der Waals surface area (Å²) < 4.78 is 24.5. The van der Waals surface area contributed by atoms with Gasteiger partial charge in [-0.1, -0.05) is 71.9 Å². The Balaban J connectivity index is 0.000000927. The van der Waals surface area contributed by atoms with Crippen LogP contribution in [-0.2, 0) is 20.2 Å². The Kier molecular flexibility index (Phi) is 14.5. The Hall–Kier alpha value is -0.683. The summed E-state index contributed by atoms with van der Waals surface area (Å²) in [5.74, 6) is 0. The van der Waals surface area contributed by atoms with Gasteiger partial charge in [-0.2, -0.15) is 28.9 Å². The molecule has 0 radical (unpaired) electrons. The van der Waals surface area contributed by atoms with E-state index in [0.717, 1.165) is 16.1 Å². The minimum Gasteiger partial charge on any atom is -0.541 e. The topological polar surface area (TPSA) is 57.7 Å².